The summed E-state index contributed by atoms with van der Waals surface area (Å²) in [5, 5.41) is 10.6. The van der Waals surface area contributed by atoms with Crippen LogP contribution in [0.1, 0.15) is 29.4 Å². The number of ether oxygens (including phenoxy) is 1. The first-order valence-electron chi connectivity index (χ1n) is 5.86. The lowest BCUT2D eigenvalue weighted by atomic mass is 10.3. The summed E-state index contributed by atoms with van der Waals surface area (Å²) in [6.07, 6.45) is 1.41. The molecule has 1 N–H and O–H groups in total. The Kier molecular flexibility index (Phi) is 3.86. The number of amides is 1. The van der Waals surface area contributed by atoms with Crippen molar-refractivity contribution in [3.05, 3.63) is 16.3 Å². The van der Waals surface area contributed by atoms with Crippen LogP contribution in [-0.4, -0.2) is 41.1 Å². The molecule has 98 valence electrons. The molecule has 1 amide bonds. The minimum atomic E-state index is -1.03. The summed E-state index contributed by atoms with van der Waals surface area (Å²) in [5.74, 6) is -0.830. The molecule has 2 rings (SSSR count). The molecular formula is C12H15NO4S. The van der Waals surface area contributed by atoms with Crippen LogP contribution in [0, 0.1) is 0 Å². The highest BCUT2D eigenvalue weighted by molar-refractivity contribution is 7.12. The molecule has 0 saturated carbocycles. The van der Waals surface area contributed by atoms with Crippen molar-refractivity contribution in [3.63, 3.8) is 0 Å². The Labute approximate surface area is 109 Å². The average Bonchev–Trinajstić information content (AvgIpc) is 2.98. The number of nitrogens with zero attached hydrogens (tertiary/aromatic N) is 1. The average molecular weight is 269 g/mol. The van der Waals surface area contributed by atoms with Crippen molar-refractivity contribution in [2.24, 2.45) is 0 Å². The number of thiophene rings is 1. The molecule has 1 aliphatic rings. The van der Waals surface area contributed by atoms with Gasteiger partial charge in [0.25, 0.3) is 5.91 Å². The van der Waals surface area contributed by atoms with Gasteiger partial charge in [-0.15, -0.1) is 11.3 Å². The fraction of sp³-hybridized carbons (Fsp3) is 0.500. The molecule has 6 heteroatoms. The quantitative estimate of drug-likeness (QED) is 0.905. The summed E-state index contributed by atoms with van der Waals surface area (Å²) in [6, 6.07) is 1.59. The van der Waals surface area contributed by atoms with E-state index in [1.54, 1.807) is 23.3 Å². The summed E-state index contributed by atoms with van der Waals surface area (Å²) in [7, 11) is 0. The van der Waals surface area contributed by atoms with E-state index in [1.165, 1.54) is 0 Å². The topological polar surface area (TPSA) is 66.8 Å². The zero-order chi connectivity index (χ0) is 13.1. The van der Waals surface area contributed by atoms with Crippen LogP contribution < -0.4 is 4.74 Å². The van der Waals surface area contributed by atoms with Gasteiger partial charge >= 0.3 is 5.97 Å². The van der Waals surface area contributed by atoms with E-state index in [4.69, 9.17) is 9.84 Å². The van der Waals surface area contributed by atoms with E-state index in [2.05, 4.69) is 0 Å². The zero-order valence-electron chi connectivity index (χ0n) is 10.1. The minimum absolute atomic E-state index is 0.0740. The number of likely N-dealkylation sites (tertiary alicyclic amines) is 1. The molecule has 0 aromatic carbocycles. The molecule has 0 spiro atoms. The summed E-state index contributed by atoms with van der Waals surface area (Å²) < 4.78 is 5.46. The minimum Gasteiger partial charge on any atom is -0.479 e. The first kappa shape index (κ1) is 12.9. The van der Waals surface area contributed by atoms with E-state index >= 15 is 0 Å². The van der Waals surface area contributed by atoms with Crippen LogP contribution >= 0.6 is 11.3 Å². The standard InChI is InChI=1S/C12H15NO4S/c1-8(11(14)13-5-2-3-6-13)17-9-4-7-18-10(9)12(15)16/h4,7-8H,2-3,5-6H2,1H3,(H,15,16). The van der Waals surface area contributed by atoms with Crippen LogP contribution in [0.5, 0.6) is 5.75 Å². The number of carbonyl (C=O) groups excluding carboxylic acids is 1. The predicted octanol–water partition coefficient (Wildman–Crippen LogP) is 1.84. The van der Waals surface area contributed by atoms with Crippen LogP contribution in [0.4, 0.5) is 0 Å². The van der Waals surface area contributed by atoms with Gasteiger partial charge in [-0.3, -0.25) is 4.79 Å². The van der Waals surface area contributed by atoms with E-state index in [-0.39, 0.29) is 16.5 Å². The Morgan fingerprint density at radius 1 is 1.44 bits per heavy atom. The highest BCUT2D eigenvalue weighted by Crippen LogP contribution is 2.26. The first-order chi connectivity index (χ1) is 8.59. The Bertz CT molecular complexity index is 451. The van der Waals surface area contributed by atoms with Gasteiger partial charge in [-0.1, -0.05) is 0 Å². The van der Waals surface area contributed by atoms with Gasteiger partial charge in [-0.25, -0.2) is 4.79 Å². The van der Waals surface area contributed by atoms with Gasteiger partial charge < -0.3 is 14.7 Å². The van der Waals surface area contributed by atoms with Gasteiger partial charge in [-0.05, 0) is 31.2 Å². The number of rotatable bonds is 4. The zero-order valence-corrected chi connectivity index (χ0v) is 10.9. The van der Waals surface area contributed by atoms with E-state index in [0.29, 0.717) is 0 Å². The van der Waals surface area contributed by atoms with Crippen molar-refractivity contribution >= 4 is 23.2 Å². The number of hydrogen-bond donors (Lipinski definition) is 1. The van der Waals surface area contributed by atoms with Crippen molar-refractivity contribution in [1.82, 2.24) is 4.90 Å². The highest BCUT2D eigenvalue weighted by Gasteiger charge is 2.26. The van der Waals surface area contributed by atoms with Crippen molar-refractivity contribution in [1.29, 1.82) is 0 Å². The fourth-order valence-electron chi connectivity index (χ4n) is 1.98. The summed E-state index contributed by atoms with van der Waals surface area (Å²) in [4.78, 5) is 24.8. The second kappa shape index (κ2) is 5.39. The van der Waals surface area contributed by atoms with Gasteiger partial charge in [0.15, 0.2) is 11.0 Å². The Hall–Kier alpha value is -1.56. The molecular weight excluding hydrogens is 254 g/mol. The normalized spacial score (nSPS) is 16.6. The molecule has 1 aliphatic heterocycles. The summed E-state index contributed by atoms with van der Waals surface area (Å²) in [6.45, 7) is 3.19. The first-order valence-corrected chi connectivity index (χ1v) is 6.74. The van der Waals surface area contributed by atoms with Crippen molar-refractivity contribution in [2.45, 2.75) is 25.9 Å². The molecule has 0 aliphatic carbocycles. The van der Waals surface area contributed by atoms with E-state index in [9.17, 15) is 9.59 Å². The second-order valence-corrected chi connectivity index (χ2v) is 5.13. The number of carboxylic acid groups (broad SMARTS) is 1. The predicted molar refractivity (Wildman–Crippen MR) is 67.2 cm³/mol. The molecule has 1 aromatic rings. The fourth-order valence-corrected chi connectivity index (χ4v) is 2.64. The third-order valence-electron chi connectivity index (χ3n) is 2.89. The molecule has 18 heavy (non-hydrogen) atoms. The van der Waals surface area contributed by atoms with E-state index in [0.717, 1.165) is 37.3 Å². The SMILES string of the molecule is CC(Oc1ccsc1C(=O)O)C(=O)N1CCCC1. The number of carbonyl (C=O) groups is 2. The number of aromatic carboxylic acids is 1. The number of hydrogen-bond acceptors (Lipinski definition) is 4. The number of carboxylic acids is 1. The maximum absolute atomic E-state index is 12.0. The van der Waals surface area contributed by atoms with E-state index < -0.39 is 12.1 Å². The van der Waals surface area contributed by atoms with Crippen LogP contribution in [-0.2, 0) is 4.79 Å². The third-order valence-corrected chi connectivity index (χ3v) is 3.78. The highest BCUT2D eigenvalue weighted by atomic mass is 32.1. The molecule has 1 atom stereocenters. The van der Waals surface area contributed by atoms with Crippen LogP contribution in [0.3, 0.4) is 0 Å². The molecule has 5 nitrogen and oxygen atoms in total. The van der Waals surface area contributed by atoms with Gasteiger partial charge in [0.2, 0.25) is 0 Å². The van der Waals surface area contributed by atoms with E-state index in [1.807, 2.05) is 0 Å². The molecule has 1 aromatic heterocycles. The lowest BCUT2D eigenvalue weighted by Gasteiger charge is -2.20. The van der Waals surface area contributed by atoms with Crippen LogP contribution in [0.15, 0.2) is 11.4 Å². The molecule has 1 saturated heterocycles. The van der Waals surface area contributed by atoms with Gasteiger partial charge in [0.1, 0.15) is 5.75 Å². The van der Waals surface area contributed by atoms with Crippen molar-refractivity contribution in [2.75, 3.05) is 13.1 Å². The molecule has 2 heterocycles. The largest absolute Gasteiger partial charge is 0.479 e. The van der Waals surface area contributed by atoms with Crippen LogP contribution in [0.2, 0.25) is 0 Å². The third kappa shape index (κ3) is 2.64. The van der Waals surface area contributed by atoms with Gasteiger partial charge in [0, 0.05) is 13.1 Å². The maximum atomic E-state index is 12.0. The molecule has 1 unspecified atom stereocenters. The van der Waals surface area contributed by atoms with Crippen LogP contribution in [0.25, 0.3) is 0 Å². The lowest BCUT2D eigenvalue weighted by molar-refractivity contribution is -0.136. The van der Waals surface area contributed by atoms with Gasteiger partial charge in [0.05, 0.1) is 0 Å². The monoisotopic (exact) mass is 269 g/mol. The molecule has 0 bridgehead atoms. The van der Waals surface area contributed by atoms with Crippen molar-refractivity contribution in [3.8, 4) is 5.75 Å². The Balaban J connectivity index is 2.01. The van der Waals surface area contributed by atoms with Gasteiger partial charge in [-0.2, -0.15) is 0 Å². The summed E-state index contributed by atoms with van der Waals surface area (Å²) >= 11 is 1.09. The Morgan fingerprint density at radius 3 is 2.72 bits per heavy atom. The molecule has 0 radical (unpaired) electrons. The summed E-state index contributed by atoms with van der Waals surface area (Å²) in [5.41, 5.74) is 0. The van der Waals surface area contributed by atoms with Crippen molar-refractivity contribution < 1.29 is 19.4 Å². The second-order valence-electron chi connectivity index (χ2n) is 4.21. The maximum Gasteiger partial charge on any atom is 0.349 e. The Morgan fingerprint density at radius 2 is 2.11 bits per heavy atom. The smallest absolute Gasteiger partial charge is 0.349 e. The lowest BCUT2D eigenvalue weighted by Crippen LogP contribution is -2.38. The molecule has 1 fully saturated rings.